The monoisotopic (exact) mass is 324 g/mol. The van der Waals surface area contributed by atoms with Crippen molar-refractivity contribution in [3.05, 3.63) is 42.2 Å². The maximum Gasteiger partial charge on any atom is 0.262 e. The third-order valence-corrected chi connectivity index (χ3v) is 4.48. The summed E-state index contributed by atoms with van der Waals surface area (Å²) >= 11 is 4.89. The standard InChI is InChI=1S/C13H16N4O2S2/c1-9(2)17-8-10(7-15-17)16-21(18,19)12-6-4-3-5-11(12)13(14)20/h3-9,16H,1-2H3,(H2,14,20). The van der Waals surface area contributed by atoms with Crippen LogP contribution in [0, 0.1) is 0 Å². The smallest absolute Gasteiger partial charge is 0.262 e. The largest absolute Gasteiger partial charge is 0.389 e. The van der Waals surface area contributed by atoms with Crippen LogP contribution in [-0.2, 0) is 10.0 Å². The first kappa shape index (κ1) is 15.5. The Bertz CT molecular complexity index is 766. The highest BCUT2D eigenvalue weighted by molar-refractivity contribution is 7.93. The van der Waals surface area contributed by atoms with Crippen molar-refractivity contribution in [1.29, 1.82) is 0 Å². The lowest BCUT2D eigenvalue weighted by atomic mass is 10.2. The van der Waals surface area contributed by atoms with Gasteiger partial charge in [0, 0.05) is 17.8 Å². The Hall–Kier alpha value is -1.93. The highest BCUT2D eigenvalue weighted by Gasteiger charge is 2.20. The highest BCUT2D eigenvalue weighted by atomic mass is 32.2. The van der Waals surface area contributed by atoms with Crippen LogP contribution >= 0.6 is 12.2 Å². The number of benzene rings is 1. The summed E-state index contributed by atoms with van der Waals surface area (Å²) in [6, 6.07) is 6.49. The topological polar surface area (TPSA) is 90.0 Å². The van der Waals surface area contributed by atoms with E-state index < -0.39 is 10.0 Å². The molecule has 8 heteroatoms. The van der Waals surface area contributed by atoms with Gasteiger partial charge >= 0.3 is 0 Å². The molecule has 1 aromatic carbocycles. The molecule has 1 aromatic heterocycles. The second-order valence-corrected chi connectivity index (χ2v) is 6.86. The molecule has 3 N–H and O–H groups in total. The summed E-state index contributed by atoms with van der Waals surface area (Å²) in [6.07, 6.45) is 3.09. The van der Waals surface area contributed by atoms with Gasteiger partial charge in [0.1, 0.15) is 4.99 Å². The first-order valence-electron chi connectivity index (χ1n) is 6.27. The van der Waals surface area contributed by atoms with Crippen LogP contribution in [0.4, 0.5) is 5.69 Å². The third-order valence-electron chi connectivity index (χ3n) is 2.82. The quantitative estimate of drug-likeness (QED) is 0.820. The molecular weight excluding hydrogens is 308 g/mol. The summed E-state index contributed by atoms with van der Waals surface area (Å²) in [5, 5.41) is 4.09. The summed E-state index contributed by atoms with van der Waals surface area (Å²) in [5.41, 5.74) is 6.28. The number of nitrogens with two attached hydrogens (primary N) is 1. The molecule has 0 unspecified atom stereocenters. The molecule has 0 radical (unpaired) electrons. The van der Waals surface area contributed by atoms with Crippen LogP contribution in [0.2, 0.25) is 0 Å². The molecule has 2 aromatic rings. The van der Waals surface area contributed by atoms with Crippen LogP contribution in [0.15, 0.2) is 41.6 Å². The molecule has 112 valence electrons. The normalized spacial score (nSPS) is 11.6. The SMILES string of the molecule is CC(C)n1cc(NS(=O)(=O)c2ccccc2C(N)=S)cn1. The number of aromatic nitrogens is 2. The van der Waals surface area contributed by atoms with E-state index in [1.165, 1.54) is 12.3 Å². The van der Waals surface area contributed by atoms with Crippen molar-refractivity contribution < 1.29 is 8.42 Å². The number of sulfonamides is 1. The fraction of sp³-hybridized carbons (Fsp3) is 0.231. The van der Waals surface area contributed by atoms with E-state index in [0.717, 1.165) is 0 Å². The van der Waals surface area contributed by atoms with Gasteiger partial charge in [0.15, 0.2) is 0 Å². The molecule has 0 aliphatic heterocycles. The number of thiocarbonyl (C=S) groups is 1. The number of nitrogens with zero attached hydrogens (tertiary/aromatic N) is 2. The van der Waals surface area contributed by atoms with Crippen molar-refractivity contribution in [2.75, 3.05) is 4.72 Å². The zero-order valence-corrected chi connectivity index (χ0v) is 13.3. The fourth-order valence-electron chi connectivity index (χ4n) is 1.79. The van der Waals surface area contributed by atoms with E-state index in [2.05, 4.69) is 9.82 Å². The average Bonchev–Trinajstić information content (AvgIpc) is 2.86. The number of anilines is 1. The van der Waals surface area contributed by atoms with Gasteiger partial charge in [0.25, 0.3) is 10.0 Å². The van der Waals surface area contributed by atoms with Gasteiger partial charge in [-0.3, -0.25) is 9.40 Å². The van der Waals surface area contributed by atoms with Gasteiger partial charge in [-0.25, -0.2) is 8.42 Å². The van der Waals surface area contributed by atoms with Crippen molar-refractivity contribution in [3.8, 4) is 0 Å². The number of hydrogen-bond donors (Lipinski definition) is 2. The van der Waals surface area contributed by atoms with Crippen molar-refractivity contribution in [2.24, 2.45) is 5.73 Å². The maximum absolute atomic E-state index is 12.4. The summed E-state index contributed by atoms with van der Waals surface area (Å²) in [7, 11) is -3.77. The molecule has 0 atom stereocenters. The predicted molar refractivity (Wildman–Crippen MR) is 85.7 cm³/mol. The first-order chi connectivity index (χ1) is 9.81. The summed E-state index contributed by atoms with van der Waals surface area (Å²) < 4.78 is 29.0. The number of rotatable bonds is 5. The average molecular weight is 324 g/mol. The summed E-state index contributed by atoms with van der Waals surface area (Å²) in [5.74, 6) is 0. The lowest BCUT2D eigenvalue weighted by Gasteiger charge is -2.10. The van der Waals surface area contributed by atoms with E-state index in [4.69, 9.17) is 18.0 Å². The molecular formula is C13H16N4O2S2. The van der Waals surface area contributed by atoms with Crippen molar-refractivity contribution >= 4 is 32.9 Å². The molecule has 1 heterocycles. The van der Waals surface area contributed by atoms with Crippen LogP contribution in [0.1, 0.15) is 25.5 Å². The van der Waals surface area contributed by atoms with Gasteiger partial charge < -0.3 is 5.73 Å². The Morgan fingerprint density at radius 3 is 2.62 bits per heavy atom. The molecule has 0 amide bonds. The number of hydrogen-bond acceptors (Lipinski definition) is 4. The zero-order chi connectivity index (χ0) is 15.6. The molecule has 0 bridgehead atoms. The summed E-state index contributed by atoms with van der Waals surface area (Å²) in [4.78, 5) is 0.0867. The molecule has 6 nitrogen and oxygen atoms in total. The highest BCUT2D eigenvalue weighted by Crippen LogP contribution is 2.20. The van der Waals surface area contributed by atoms with Gasteiger partial charge in [0.2, 0.25) is 0 Å². The second kappa shape index (κ2) is 5.82. The van der Waals surface area contributed by atoms with Crippen molar-refractivity contribution in [1.82, 2.24) is 9.78 Å². The van der Waals surface area contributed by atoms with Gasteiger partial charge in [-0.15, -0.1) is 0 Å². The minimum Gasteiger partial charge on any atom is -0.389 e. The molecule has 0 aliphatic rings. The molecule has 0 spiro atoms. The zero-order valence-electron chi connectivity index (χ0n) is 11.6. The Kier molecular flexibility index (Phi) is 4.29. The first-order valence-corrected chi connectivity index (χ1v) is 8.16. The van der Waals surface area contributed by atoms with Crippen LogP contribution < -0.4 is 10.5 Å². The molecule has 21 heavy (non-hydrogen) atoms. The van der Waals surface area contributed by atoms with Crippen molar-refractivity contribution in [3.63, 3.8) is 0 Å². The van der Waals surface area contributed by atoms with Crippen LogP contribution in [-0.4, -0.2) is 23.2 Å². The van der Waals surface area contributed by atoms with Crippen molar-refractivity contribution in [2.45, 2.75) is 24.8 Å². The van der Waals surface area contributed by atoms with Gasteiger partial charge in [-0.2, -0.15) is 5.10 Å². The minimum atomic E-state index is -3.77. The third kappa shape index (κ3) is 3.40. The van der Waals surface area contributed by atoms with Gasteiger partial charge in [-0.1, -0.05) is 30.4 Å². The minimum absolute atomic E-state index is 0.0360. The van der Waals surface area contributed by atoms with E-state index in [9.17, 15) is 8.42 Å². The Morgan fingerprint density at radius 1 is 1.38 bits per heavy atom. The second-order valence-electron chi connectivity index (χ2n) is 4.77. The van der Waals surface area contributed by atoms with Crippen LogP contribution in [0.3, 0.4) is 0 Å². The van der Waals surface area contributed by atoms with Crippen LogP contribution in [0.25, 0.3) is 0 Å². The number of nitrogens with one attached hydrogen (secondary N) is 1. The van der Waals surface area contributed by atoms with E-state index in [1.54, 1.807) is 29.1 Å². The van der Waals surface area contributed by atoms with Gasteiger partial charge in [-0.05, 0) is 19.9 Å². The Morgan fingerprint density at radius 2 is 2.05 bits per heavy atom. The molecule has 2 rings (SSSR count). The molecule has 0 saturated carbocycles. The fourth-order valence-corrected chi connectivity index (χ4v) is 3.28. The van der Waals surface area contributed by atoms with Crippen LogP contribution in [0.5, 0.6) is 0 Å². The van der Waals surface area contributed by atoms with E-state index in [0.29, 0.717) is 11.3 Å². The Labute approximate surface area is 129 Å². The Balaban J connectivity index is 2.36. The van der Waals surface area contributed by atoms with E-state index in [-0.39, 0.29) is 15.9 Å². The molecule has 0 aliphatic carbocycles. The molecule has 0 saturated heterocycles. The van der Waals surface area contributed by atoms with E-state index >= 15 is 0 Å². The molecule has 0 fully saturated rings. The van der Waals surface area contributed by atoms with E-state index in [1.807, 2.05) is 13.8 Å². The van der Waals surface area contributed by atoms with Gasteiger partial charge in [0.05, 0.1) is 16.8 Å². The summed E-state index contributed by atoms with van der Waals surface area (Å²) in [6.45, 7) is 3.90. The lowest BCUT2D eigenvalue weighted by molar-refractivity contribution is 0.532. The maximum atomic E-state index is 12.4. The predicted octanol–water partition coefficient (Wildman–Crippen LogP) is 1.90. The lowest BCUT2D eigenvalue weighted by Crippen LogP contribution is -2.19.